The highest BCUT2D eigenvalue weighted by atomic mass is 19.1. The number of halogens is 3. The van der Waals surface area contributed by atoms with Gasteiger partial charge in [-0.05, 0) is 43.0 Å². The van der Waals surface area contributed by atoms with Gasteiger partial charge >= 0.3 is 6.01 Å². The van der Waals surface area contributed by atoms with E-state index in [1.165, 1.54) is 24.3 Å². The number of alkyl halides is 1. The third-order valence-electron chi connectivity index (χ3n) is 9.31. The third-order valence-corrected chi connectivity index (χ3v) is 9.31. The molecule has 0 aliphatic carbocycles. The Morgan fingerprint density at radius 2 is 2.02 bits per heavy atom. The first kappa shape index (κ1) is 27.2. The van der Waals surface area contributed by atoms with Gasteiger partial charge in [0, 0.05) is 30.5 Å². The first-order valence-electron chi connectivity index (χ1n) is 14.7. The Morgan fingerprint density at radius 3 is 2.89 bits per heavy atom. The standard InChI is InChI=1S/C32H28F3N5O4/c1-2-21-23(34)5-4-17-10-20(41)11-22(24(17)21)27-26(35)28-25-29(40-8-9-42-14-19(40)15-43-30(25)36-27)38-31(37-28)44-16-32-6-3-7-39(32)13-18(33)12-32/h1,4-5,10-11,18-19,41H,3,6-9,12-16H2/t18-,19+,32+/m1/s1. The van der Waals surface area contributed by atoms with Crippen molar-refractivity contribution in [1.29, 1.82) is 0 Å². The van der Waals surface area contributed by atoms with E-state index in [0.29, 0.717) is 43.9 Å². The average molecular weight is 604 g/mol. The summed E-state index contributed by atoms with van der Waals surface area (Å²) >= 11 is 0. The number of hydrogen-bond donors (Lipinski definition) is 1. The van der Waals surface area contributed by atoms with Gasteiger partial charge in [-0.15, -0.1) is 6.42 Å². The summed E-state index contributed by atoms with van der Waals surface area (Å²) in [4.78, 5) is 17.9. The number of hydrogen-bond acceptors (Lipinski definition) is 9. The van der Waals surface area contributed by atoms with E-state index < -0.39 is 23.3 Å². The van der Waals surface area contributed by atoms with Crippen molar-refractivity contribution < 1.29 is 32.5 Å². The van der Waals surface area contributed by atoms with Crippen molar-refractivity contribution in [2.45, 2.75) is 37.0 Å². The maximum atomic E-state index is 16.8. The second kappa shape index (κ2) is 10.1. The Kier molecular flexibility index (Phi) is 6.25. The zero-order valence-electron chi connectivity index (χ0n) is 23.7. The highest BCUT2D eigenvalue weighted by Gasteiger charge is 2.49. The van der Waals surface area contributed by atoms with Crippen LogP contribution < -0.4 is 14.4 Å². The van der Waals surface area contributed by atoms with Crippen molar-refractivity contribution >= 4 is 27.5 Å². The van der Waals surface area contributed by atoms with Crippen molar-refractivity contribution in [3.8, 4) is 41.2 Å². The lowest BCUT2D eigenvalue weighted by Crippen LogP contribution is -2.48. The molecule has 3 saturated heterocycles. The van der Waals surface area contributed by atoms with Crippen LogP contribution in [0.4, 0.5) is 19.0 Å². The molecule has 9 nitrogen and oxygen atoms in total. The third kappa shape index (κ3) is 4.13. The fraction of sp³-hybridized carbons (Fsp3) is 0.406. The zero-order valence-corrected chi connectivity index (χ0v) is 23.7. The highest BCUT2D eigenvalue weighted by Crippen LogP contribution is 2.44. The normalized spacial score (nSPS) is 24.5. The number of aromatic hydroxyl groups is 1. The first-order valence-corrected chi connectivity index (χ1v) is 14.7. The number of aromatic nitrogens is 3. The van der Waals surface area contributed by atoms with Gasteiger partial charge in [-0.2, -0.15) is 9.97 Å². The molecule has 2 aromatic carbocycles. The van der Waals surface area contributed by atoms with Crippen LogP contribution in [0.25, 0.3) is 32.9 Å². The number of phenols is 1. The molecular weight excluding hydrogens is 575 g/mol. The van der Waals surface area contributed by atoms with Gasteiger partial charge in [0.05, 0.1) is 30.4 Å². The fourth-order valence-corrected chi connectivity index (χ4v) is 7.31. The molecule has 0 spiro atoms. The number of pyridine rings is 1. The molecule has 0 saturated carbocycles. The number of rotatable bonds is 4. The minimum absolute atomic E-state index is 0.0544. The van der Waals surface area contributed by atoms with E-state index in [-0.39, 0.29) is 70.0 Å². The molecule has 2 aromatic heterocycles. The number of fused-ring (bicyclic) bond motifs is 4. The van der Waals surface area contributed by atoms with Gasteiger partial charge in [0.15, 0.2) is 5.82 Å². The molecule has 4 aliphatic rings. The first-order chi connectivity index (χ1) is 21.3. The summed E-state index contributed by atoms with van der Waals surface area (Å²) in [6.07, 6.45) is 6.84. The van der Waals surface area contributed by atoms with Crippen molar-refractivity contribution in [2.24, 2.45) is 0 Å². The van der Waals surface area contributed by atoms with Crippen molar-refractivity contribution in [2.75, 3.05) is 51.0 Å². The maximum Gasteiger partial charge on any atom is 0.319 e. The highest BCUT2D eigenvalue weighted by molar-refractivity contribution is 6.04. The molecule has 3 fully saturated rings. The fourth-order valence-electron chi connectivity index (χ4n) is 7.31. The van der Waals surface area contributed by atoms with E-state index in [1.54, 1.807) is 0 Å². The van der Waals surface area contributed by atoms with Crippen LogP contribution in [0.5, 0.6) is 17.6 Å². The molecule has 44 heavy (non-hydrogen) atoms. The predicted octanol–water partition coefficient (Wildman–Crippen LogP) is 4.36. The minimum atomic E-state index is -0.934. The molecular formula is C32H28F3N5O4. The minimum Gasteiger partial charge on any atom is -0.508 e. The Labute approximate surface area is 250 Å². The maximum absolute atomic E-state index is 16.8. The van der Waals surface area contributed by atoms with Crippen LogP contribution in [-0.2, 0) is 4.74 Å². The van der Waals surface area contributed by atoms with E-state index in [1.807, 2.05) is 4.90 Å². The summed E-state index contributed by atoms with van der Waals surface area (Å²) in [6, 6.07) is 5.09. The lowest BCUT2D eigenvalue weighted by Gasteiger charge is -2.35. The van der Waals surface area contributed by atoms with Gasteiger partial charge < -0.3 is 24.2 Å². The van der Waals surface area contributed by atoms with Crippen LogP contribution in [0, 0.1) is 24.0 Å². The van der Waals surface area contributed by atoms with Crippen LogP contribution in [0.15, 0.2) is 24.3 Å². The lowest BCUT2D eigenvalue weighted by atomic mass is 9.95. The number of anilines is 1. The van der Waals surface area contributed by atoms with E-state index >= 15 is 4.39 Å². The zero-order chi connectivity index (χ0) is 30.2. The molecule has 12 heteroatoms. The average Bonchev–Trinajstić information content (AvgIpc) is 3.49. The number of ether oxygens (including phenoxy) is 3. The van der Waals surface area contributed by atoms with Crippen LogP contribution in [-0.4, -0.2) is 88.8 Å². The second-order valence-corrected chi connectivity index (χ2v) is 11.9. The monoisotopic (exact) mass is 603 g/mol. The van der Waals surface area contributed by atoms with Crippen molar-refractivity contribution in [3.63, 3.8) is 0 Å². The molecule has 1 N–H and O–H groups in total. The Morgan fingerprint density at radius 1 is 1.14 bits per heavy atom. The molecule has 3 atom stereocenters. The Bertz CT molecular complexity index is 1880. The number of nitrogens with zero attached hydrogens (tertiary/aromatic N) is 5. The summed E-state index contributed by atoms with van der Waals surface area (Å²) in [6.45, 7) is 2.79. The van der Waals surface area contributed by atoms with E-state index in [4.69, 9.17) is 25.6 Å². The van der Waals surface area contributed by atoms with E-state index in [2.05, 4.69) is 20.8 Å². The van der Waals surface area contributed by atoms with Crippen LogP contribution in [0.2, 0.25) is 0 Å². The van der Waals surface area contributed by atoms with Crippen molar-refractivity contribution in [1.82, 2.24) is 19.9 Å². The second-order valence-electron chi connectivity index (χ2n) is 11.9. The van der Waals surface area contributed by atoms with Gasteiger partial charge in [0.25, 0.3) is 0 Å². The number of phenolic OH excluding ortho intramolecular Hbond substituents is 1. The quantitative estimate of drug-likeness (QED) is 0.342. The van der Waals surface area contributed by atoms with Gasteiger partial charge in [-0.25, -0.2) is 18.2 Å². The van der Waals surface area contributed by atoms with Crippen LogP contribution in [0.1, 0.15) is 24.8 Å². The van der Waals surface area contributed by atoms with Crippen LogP contribution >= 0.6 is 0 Å². The Hall–Kier alpha value is -4.34. The molecule has 0 unspecified atom stereocenters. The SMILES string of the molecule is C#Cc1c(F)ccc2cc(O)cc(-c3nc4c5c(nc(OC[C@@]67CCCN6C[C@H](F)C7)nc5c3F)N3CCOC[C@H]3CO4)c12. The van der Waals surface area contributed by atoms with E-state index in [9.17, 15) is 13.9 Å². The molecule has 8 rings (SSSR count). The topological polar surface area (TPSA) is 93.1 Å². The molecule has 0 bridgehead atoms. The van der Waals surface area contributed by atoms with Gasteiger partial charge in [-0.1, -0.05) is 12.0 Å². The van der Waals surface area contributed by atoms with E-state index in [0.717, 1.165) is 19.4 Å². The summed E-state index contributed by atoms with van der Waals surface area (Å²) < 4.78 is 64.1. The lowest BCUT2D eigenvalue weighted by molar-refractivity contribution is 0.0774. The molecule has 226 valence electrons. The summed E-state index contributed by atoms with van der Waals surface area (Å²) in [5.41, 5.74) is -0.795. The number of benzene rings is 2. The molecule has 6 heterocycles. The summed E-state index contributed by atoms with van der Waals surface area (Å²) in [5.74, 6) is 1.16. The van der Waals surface area contributed by atoms with Crippen LogP contribution in [0.3, 0.4) is 0 Å². The predicted molar refractivity (Wildman–Crippen MR) is 156 cm³/mol. The number of terminal acetylenes is 1. The molecule has 0 radical (unpaired) electrons. The van der Waals surface area contributed by atoms with Gasteiger partial charge in [0.2, 0.25) is 5.88 Å². The van der Waals surface area contributed by atoms with Crippen molar-refractivity contribution in [3.05, 3.63) is 41.5 Å². The molecule has 4 aromatic rings. The number of morpholine rings is 1. The Balaban J connectivity index is 1.33. The van der Waals surface area contributed by atoms with Gasteiger partial charge in [-0.3, -0.25) is 4.90 Å². The molecule has 4 aliphatic heterocycles. The molecule has 0 amide bonds. The summed E-state index contributed by atoms with van der Waals surface area (Å²) in [7, 11) is 0. The summed E-state index contributed by atoms with van der Waals surface area (Å²) in [5, 5.41) is 11.5. The van der Waals surface area contributed by atoms with Gasteiger partial charge in [0.1, 0.15) is 53.4 Å². The smallest absolute Gasteiger partial charge is 0.319 e. The largest absolute Gasteiger partial charge is 0.508 e.